The van der Waals surface area contributed by atoms with E-state index in [-0.39, 0.29) is 11.9 Å². The molecule has 1 atom stereocenters. The molecule has 1 aromatic heterocycles. The average Bonchev–Trinajstić information content (AvgIpc) is 3.07. The van der Waals surface area contributed by atoms with Gasteiger partial charge in [-0.25, -0.2) is 0 Å². The molecule has 3 aromatic rings. The number of aromatic nitrogens is 2. The molecule has 0 aliphatic heterocycles. The Bertz CT molecular complexity index is 855. The molecule has 0 saturated carbocycles. The normalized spacial score (nSPS) is 16.2. The van der Waals surface area contributed by atoms with Gasteiger partial charge in [0.05, 0.1) is 18.8 Å². The molecule has 25 heavy (non-hydrogen) atoms. The van der Waals surface area contributed by atoms with Crippen LogP contribution in [0.5, 0.6) is 0 Å². The summed E-state index contributed by atoms with van der Waals surface area (Å²) in [6.45, 7) is 0.773. The highest BCUT2D eigenvalue weighted by molar-refractivity contribution is 5.94. The minimum absolute atomic E-state index is 0.0192. The standard InChI is InChI=1S/C21H21N3O/c25-21(17-10-5-2-6-11-17)23-19-12-7-13-20-18(19)14-22-24(20)15-16-8-3-1-4-9-16/h1-6,8-11,14,19H,7,12-13,15H2,(H,23,25). The second kappa shape index (κ2) is 6.93. The topological polar surface area (TPSA) is 46.9 Å². The quantitative estimate of drug-likeness (QED) is 0.792. The van der Waals surface area contributed by atoms with E-state index in [4.69, 9.17) is 0 Å². The van der Waals surface area contributed by atoms with E-state index in [0.717, 1.165) is 31.4 Å². The molecule has 0 radical (unpaired) electrons. The first kappa shape index (κ1) is 15.6. The maximum Gasteiger partial charge on any atom is 0.251 e. The number of nitrogens with zero attached hydrogens (tertiary/aromatic N) is 2. The fraction of sp³-hybridized carbons (Fsp3) is 0.238. The van der Waals surface area contributed by atoms with Crippen molar-refractivity contribution in [3.63, 3.8) is 0 Å². The van der Waals surface area contributed by atoms with Crippen LogP contribution in [0.4, 0.5) is 0 Å². The first-order valence-electron chi connectivity index (χ1n) is 8.75. The average molecular weight is 331 g/mol. The van der Waals surface area contributed by atoms with Crippen LogP contribution in [0, 0.1) is 0 Å². The zero-order chi connectivity index (χ0) is 17.1. The zero-order valence-electron chi connectivity index (χ0n) is 14.1. The molecule has 126 valence electrons. The molecule has 1 amide bonds. The Balaban J connectivity index is 1.54. The second-order valence-electron chi connectivity index (χ2n) is 6.47. The summed E-state index contributed by atoms with van der Waals surface area (Å²) in [6.07, 6.45) is 4.96. The molecule has 1 aliphatic rings. The highest BCUT2D eigenvalue weighted by atomic mass is 16.1. The van der Waals surface area contributed by atoms with Crippen LogP contribution in [0.15, 0.2) is 66.9 Å². The van der Waals surface area contributed by atoms with Gasteiger partial charge in [0.25, 0.3) is 5.91 Å². The third-order valence-electron chi connectivity index (χ3n) is 4.78. The predicted molar refractivity (Wildman–Crippen MR) is 97.4 cm³/mol. The van der Waals surface area contributed by atoms with Gasteiger partial charge in [-0.2, -0.15) is 5.10 Å². The molecule has 0 saturated heterocycles. The van der Waals surface area contributed by atoms with Crippen molar-refractivity contribution in [2.75, 3.05) is 0 Å². The predicted octanol–water partition coefficient (Wildman–Crippen LogP) is 3.74. The highest BCUT2D eigenvalue weighted by Crippen LogP contribution is 2.30. The maximum atomic E-state index is 12.5. The number of nitrogens with one attached hydrogen (secondary N) is 1. The van der Waals surface area contributed by atoms with E-state index in [1.807, 2.05) is 54.7 Å². The van der Waals surface area contributed by atoms with Crippen molar-refractivity contribution < 1.29 is 4.79 Å². The van der Waals surface area contributed by atoms with Gasteiger partial charge >= 0.3 is 0 Å². The number of amides is 1. The van der Waals surface area contributed by atoms with Crippen molar-refractivity contribution in [2.45, 2.75) is 31.8 Å². The molecule has 1 aliphatic carbocycles. The second-order valence-corrected chi connectivity index (χ2v) is 6.47. The van der Waals surface area contributed by atoms with Gasteiger partial charge in [-0.1, -0.05) is 48.5 Å². The molecular weight excluding hydrogens is 310 g/mol. The van der Waals surface area contributed by atoms with Gasteiger partial charge < -0.3 is 5.32 Å². The SMILES string of the molecule is O=C(NC1CCCc2c1cnn2Cc1ccccc1)c1ccccc1. The molecule has 2 aromatic carbocycles. The van der Waals surface area contributed by atoms with Crippen LogP contribution < -0.4 is 5.32 Å². The minimum Gasteiger partial charge on any atom is -0.345 e. The number of fused-ring (bicyclic) bond motifs is 1. The summed E-state index contributed by atoms with van der Waals surface area (Å²) in [7, 11) is 0. The van der Waals surface area contributed by atoms with Crippen molar-refractivity contribution in [3.05, 3.63) is 89.2 Å². The Hall–Kier alpha value is -2.88. The van der Waals surface area contributed by atoms with Crippen LogP contribution in [-0.4, -0.2) is 15.7 Å². The molecule has 0 spiro atoms. The van der Waals surface area contributed by atoms with Gasteiger partial charge in [0.2, 0.25) is 0 Å². The number of carbonyl (C=O) groups excluding carboxylic acids is 1. The lowest BCUT2D eigenvalue weighted by Gasteiger charge is -2.24. The first-order valence-corrected chi connectivity index (χ1v) is 8.75. The Morgan fingerprint density at radius 1 is 1.08 bits per heavy atom. The molecule has 1 heterocycles. The largest absolute Gasteiger partial charge is 0.345 e. The van der Waals surface area contributed by atoms with Gasteiger partial charge in [0.15, 0.2) is 0 Å². The lowest BCUT2D eigenvalue weighted by molar-refractivity contribution is 0.0932. The Morgan fingerprint density at radius 2 is 1.80 bits per heavy atom. The van der Waals surface area contributed by atoms with E-state index in [0.29, 0.717) is 5.56 Å². The van der Waals surface area contributed by atoms with Crippen molar-refractivity contribution in [1.82, 2.24) is 15.1 Å². The van der Waals surface area contributed by atoms with Gasteiger partial charge in [-0.3, -0.25) is 9.48 Å². The van der Waals surface area contributed by atoms with Crippen LogP contribution in [0.3, 0.4) is 0 Å². The summed E-state index contributed by atoms with van der Waals surface area (Å²) in [5, 5.41) is 7.77. The van der Waals surface area contributed by atoms with Crippen LogP contribution in [0.2, 0.25) is 0 Å². The first-order chi connectivity index (χ1) is 12.3. The molecule has 4 heteroatoms. The number of benzene rings is 2. The summed E-state index contributed by atoms with van der Waals surface area (Å²) in [6, 6.07) is 19.8. The fourth-order valence-electron chi connectivity index (χ4n) is 3.49. The molecular formula is C21H21N3O. The van der Waals surface area contributed by atoms with Crippen LogP contribution in [-0.2, 0) is 13.0 Å². The molecule has 0 fully saturated rings. The van der Waals surface area contributed by atoms with Crippen LogP contribution in [0.25, 0.3) is 0 Å². The van der Waals surface area contributed by atoms with Crippen LogP contribution >= 0.6 is 0 Å². The zero-order valence-corrected chi connectivity index (χ0v) is 14.1. The Labute approximate surface area is 147 Å². The van der Waals surface area contributed by atoms with E-state index in [1.165, 1.54) is 11.3 Å². The maximum absolute atomic E-state index is 12.5. The van der Waals surface area contributed by atoms with Crippen molar-refractivity contribution >= 4 is 5.91 Å². The fourth-order valence-corrected chi connectivity index (χ4v) is 3.49. The molecule has 1 unspecified atom stereocenters. The number of rotatable bonds is 4. The Kier molecular flexibility index (Phi) is 4.34. The van der Waals surface area contributed by atoms with Crippen molar-refractivity contribution in [3.8, 4) is 0 Å². The van der Waals surface area contributed by atoms with Crippen LogP contribution in [0.1, 0.15) is 46.1 Å². The van der Waals surface area contributed by atoms with Gasteiger partial charge in [-0.15, -0.1) is 0 Å². The van der Waals surface area contributed by atoms with Crippen molar-refractivity contribution in [2.24, 2.45) is 0 Å². The highest BCUT2D eigenvalue weighted by Gasteiger charge is 2.25. The number of hydrogen-bond donors (Lipinski definition) is 1. The van der Waals surface area contributed by atoms with E-state index in [9.17, 15) is 4.79 Å². The third-order valence-corrected chi connectivity index (χ3v) is 4.78. The molecule has 4 nitrogen and oxygen atoms in total. The van der Waals surface area contributed by atoms with Crippen molar-refractivity contribution in [1.29, 1.82) is 0 Å². The smallest absolute Gasteiger partial charge is 0.251 e. The minimum atomic E-state index is -0.0192. The Morgan fingerprint density at radius 3 is 2.56 bits per heavy atom. The summed E-state index contributed by atoms with van der Waals surface area (Å²) in [4.78, 5) is 12.5. The van der Waals surface area contributed by atoms with E-state index < -0.39 is 0 Å². The van der Waals surface area contributed by atoms with E-state index >= 15 is 0 Å². The van der Waals surface area contributed by atoms with E-state index in [2.05, 4.69) is 27.2 Å². The van der Waals surface area contributed by atoms with Gasteiger partial charge in [0.1, 0.15) is 0 Å². The monoisotopic (exact) mass is 331 g/mol. The summed E-state index contributed by atoms with van der Waals surface area (Å²) < 4.78 is 2.07. The summed E-state index contributed by atoms with van der Waals surface area (Å²) >= 11 is 0. The summed E-state index contributed by atoms with van der Waals surface area (Å²) in [5.74, 6) is -0.0192. The lowest BCUT2D eigenvalue weighted by Crippen LogP contribution is -2.31. The third kappa shape index (κ3) is 3.33. The summed E-state index contributed by atoms with van der Waals surface area (Å²) in [5.41, 5.74) is 4.34. The number of hydrogen-bond acceptors (Lipinski definition) is 2. The molecule has 4 rings (SSSR count). The van der Waals surface area contributed by atoms with E-state index in [1.54, 1.807) is 0 Å². The van der Waals surface area contributed by atoms with Gasteiger partial charge in [0, 0.05) is 16.8 Å². The number of carbonyl (C=O) groups is 1. The molecule has 0 bridgehead atoms. The molecule has 1 N–H and O–H groups in total. The van der Waals surface area contributed by atoms with Gasteiger partial charge in [-0.05, 0) is 37.0 Å². The lowest BCUT2D eigenvalue weighted by atomic mass is 9.92.